The largest absolute Gasteiger partial charge is 0.474 e. The number of fused-ring (bicyclic) bond motifs is 1. The highest BCUT2D eigenvalue weighted by Gasteiger charge is 2.34. The Kier molecular flexibility index (Phi) is 5.05. The highest BCUT2D eigenvalue weighted by Crippen LogP contribution is 2.37. The monoisotopic (exact) mass is 417 g/mol. The van der Waals surface area contributed by atoms with Crippen LogP contribution in [0.15, 0.2) is 30.5 Å². The van der Waals surface area contributed by atoms with Crippen LogP contribution in [0.3, 0.4) is 0 Å². The molecule has 1 saturated carbocycles. The Hall–Kier alpha value is -2.32. The van der Waals surface area contributed by atoms with Gasteiger partial charge in [-0.25, -0.2) is 18.7 Å². The van der Waals surface area contributed by atoms with Crippen LogP contribution in [-0.2, 0) is 4.74 Å². The van der Waals surface area contributed by atoms with Crippen LogP contribution >= 0.6 is 11.3 Å². The molecule has 0 bridgehead atoms. The van der Waals surface area contributed by atoms with Crippen molar-refractivity contribution in [1.29, 1.82) is 0 Å². The molecule has 0 amide bonds. The van der Waals surface area contributed by atoms with E-state index in [4.69, 9.17) is 9.47 Å². The second-order valence-corrected chi connectivity index (χ2v) is 8.61. The predicted octanol–water partition coefficient (Wildman–Crippen LogP) is 4.89. The van der Waals surface area contributed by atoms with Gasteiger partial charge in [0.1, 0.15) is 17.7 Å². The first-order chi connectivity index (χ1) is 14.2. The lowest BCUT2D eigenvalue weighted by molar-refractivity contribution is 0.0782. The van der Waals surface area contributed by atoms with Gasteiger partial charge in [0.25, 0.3) is 0 Å². The average molecular weight is 417 g/mol. The average Bonchev–Trinajstić information content (AvgIpc) is 3.08. The van der Waals surface area contributed by atoms with Crippen LogP contribution in [0.1, 0.15) is 37.2 Å². The van der Waals surface area contributed by atoms with E-state index in [-0.39, 0.29) is 29.7 Å². The van der Waals surface area contributed by atoms with Gasteiger partial charge in [0.05, 0.1) is 15.8 Å². The molecule has 0 unspecified atom stereocenters. The third kappa shape index (κ3) is 3.91. The highest BCUT2D eigenvalue weighted by molar-refractivity contribution is 7.22. The predicted molar refractivity (Wildman–Crippen MR) is 108 cm³/mol. The summed E-state index contributed by atoms with van der Waals surface area (Å²) < 4.78 is 40.2. The topological polar surface area (TPSA) is 56.3 Å². The SMILES string of the molecule is Fc1ccc2sc(N[C@H]3C[C@H](Oc4nccc(F)c4C4CCOCC4)C3)nc2c1. The van der Waals surface area contributed by atoms with Crippen molar-refractivity contribution >= 4 is 26.7 Å². The summed E-state index contributed by atoms with van der Waals surface area (Å²) in [5.74, 6) is -0.0348. The van der Waals surface area contributed by atoms with Gasteiger partial charge in [-0.05, 0) is 37.0 Å². The molecule has 5 nitrogen and oxygen atoms in total. The molecule has 0 atom stereocenters. The Morgan fingerprint density at radius 1 is 1.14 bits per heavy atom. The van der Waals surface area contributed by atoms with Crippen molar-refractivity contribution < 1.29 is 18.3 Å². The molecule has 3 aromatic rings. The number of halogens is 2. The summed E-state index contributed by atoms with van der Waals surface area (Å²) in [6, 6.07) is 6.26. The minimum Gasteiger partial charge on any atom is -0.474 e. The van der Waals surface area contributed by atoms with Crippen molar-refractivity contribution in [2.75, 3.05) is 18.5 Å². The van der Waals surface area contributed by atoms with E-state index >= 15 is 0 Å². The fourth-order valence-electron chi connectivity index (χ4n) is 3.96. The van der Waals surface area contributed by atoms with Gasteiger partial charge in [-0.1, -0.05) is 11.3 Å². The lowest BCUT2D eigenvalue weighted by Gasteiger charge is -2.36. The van der Waals surface area contributed by atoms with Gasteiger partial charge < -0.3 is 14.8 Å². The fraction of sp³-hybridized carbons (Fsp3) is 0.429. The smallest absolute Gasteiger partial charge is 0.220 e. The molecule has 1 saturated heterocycles. The van der Waals surface area contributed by atoms with E-state index in [1.165, 1.54) is 35.7 Å². The van der Waals surface area contributed by atoms with Crippen LogP contribution in [0.25, 0.3) is 10.2 Å². The third-order valence-corrected chi connectivity index (χ3v) is 6.55. The zero-order valence-corrected chi connectivity index (χ0v) is 16.6. The number of hydrogen-bond acceptors (Lipinski definition) is 6. The molecule has 2 fully saturated rings. The van der Waals surface area contributed by atoms with E-state index in [1.54, 1.807) is 6.07 Å². The Balaban J connectivity index is 1.22. The summed E-state index contributed by atoms with van der Waals surface area (Å²) >= 11 is 1.51. The van der Waals surface area contributed by atoms with Gasteiger partial charge in [-0.2, -0.15) is 0 Å². The van der Waals surface area contributed by atoms with E-state index in [9.17, 15) is 8.78 Å². The van der Waals surface area contributed by atoms with E-state index in [1.807, 2.05) is 0 Å². The highest BCUT2D eigenvalue weighted by atomic mass is 32.1. The lowest BCUT2D eigenvalue weighted by atomic mass is 9.89. The number of rotatable bonds is 5. The molecule has 1 aromatic carbocycles. The number of thiazole rings is 1. The van der Waals surface area contributed by atoms with Crippen molar-refractivity contribution in [2.45, 2.75) is 43.7 Å². The maximum Gasteiger partial charge on any atom is 0.220 e. The van der Waals surface area contributed by atoms with Gasteiger partial charge in [-0.3, -0.25) is 0 Å². The first kappa shape index (κ1) is 18.7. The molecule has 3 heterocycles. The quantitative estimate of drug-likeness (QED) is 0.641. The van der Waals surface area contributed by atoms with E-state index in [2.05, 4.69) is 15.3 Å². The number of nitrogens with one attached hydrogen (secondary N) is 1. The summed E-state index contributed by atoms with van der Waals surface area (Å²) in [6.07, 6.45) is 4.60. The number of hydrogen-bond donors (Lipinski definition) is 1. The Morgan fingerprint density at radius 2 is 1.97 bits per heavy atom. The van der Waals surface area contributed by atoms with Gasteiger partial charge in [0, 0.05) is 44.4 Å². The Morgan fingerprint density at radius 3 is 2.79 bits per heavy atom. The third-order valence-electron chi connectivity index (χ3n) is 5.58. The molecule has 1 aliphatic carbocycles. The molecule has 29 heavy (non-hydrogen) atoms. The molecule has 0 spiro atoms. The fourth-order valence-corrected chi connectivity index (χ4v) is 4.88. The van der Waals surface area contributed by atoms with Gasteiger partial charge in [-0.15, -0.1) is 0 Å². The van der Waals surface area contributed by atoms with Gasteiger partial charge in [0.15, 0.2) is 5.13 Å². The normalized spacial score (nSPS) is 22.4. The first-order valence-corrected chi connectivity index (χ1v) is 10.7. The zero-order chi connectivity index (χ0) is 19.8. The number of nitrogens with zero attached hydrogens (tertiary/aromatic N) is 2. The number of anilines is 1. The second-order valence-electron chi connectivity index (χ2n) is 7.58. The number of pyridine rings is 1. The Bertz CT molecular complexity index is 1020. The Labute approximate surface area is 171 Å². The zero-order valence-electron chi connectivity index (χ0n) is 15.7. The van der Waals surface area contributed by atoms with Crippen LogP contribution < -0.4 is 10.1 Å². The van der Waals surface area contributed by atoms with E-state index in [0.717, 1.165) is 35.5 Å². The molecular formula is C21H21F2N3O2S. The van der Waals surface area contributed by atoms with Crippen molar-refractivity contribution in [1.82, 2.24) is 9.97 Å². The summed E-state index contributed by atoms with van der Waals surface area (Å²) in [5.41, 5.74) is 1.25. The van der Waals surface area contributed by atoms with Gasteiger partial charge >= 0.3 is 0 Å². The van der Waals surface area contributed by atoms with Crippen molar-refractivity contribution in [3.8, 4) is 5.88 Å². The van der Waals surface area contributed by atoms with E-state index < -0.39 is 0 Å². The number of aromatic nitrogens is 2. The van der Waals surface area contributed by atoms with Crippen molar-refractivity contribution in [2.24, 2.45) is 0 Å². The molecule has 5 rings (SSSR count). The molecule has 1 aliphatic heterocycles. The van der Waals surface area contributed by atoms with Crippen LogP contribution in [0.2, 0.25) is 0 Å². The molecule has 0 radical (unpaired) electrons. The standard InChI is InChI=1S/C21H21F2N3O2S/c22-13-1-2-18-17(9-13)26-21(29-18)25-14-10-15(11-14)28-20-19(16(23)3-6-24-20)12-4-7-27-8-5-12/h1-3,6,9,12,14-15H,4-5,7-8,10-11H2,(H,25,26)/t14-,15-. The number of ether oxygens (including phenoxy) is 2. The van der Waals surface area contributed by atoms with Crippen LogP contribution in [0, 0.1) is 11.6 Å². The maximum atomic E-state index is 14.5. The molecule has 1 N–H and O–H groups in total. The molecular weight excluding hydrogens is 396 g/mol. The summed E-state index contributed by atoms with van der Waals surface area (Å²) in [7, 11) is 0. The van der Waals surface area contributed by atoms with Crippen LogP contribution in [-0.4, -0.2) is 35.3 Å². The summed E-state index contributed by atoms with van der Waals surface area (Å²) in [5, 5.41) is 4.16. The molecule has 152 valence electrons. The summed E-state index contributed by atoms with van der Waals surface area (Å²) in [4.78, 5) is 8.76. The molecule has 8 heteroatoms. The maximum absolute atomic E-state index is 14.5. The first-order valence-electron chi connectivity index (χ1n) is 9.87. The second kappa shape index (κ2) is 7.84. The molecule has 2 aliphatic rings. The minimum absolute atomic E-state index is 0.00721. The molecule has 2 aromatic heterocycles. The van der Waals surface area contributed by atoms with Crippen molar-refractivity contribution in [3.05, 3.63) is 47.7 Å². The van der Waals surface area contributed by atoms with Crippen molar-refractivity contribution in [3.63, 3.8) is 0 Å². The van der Waals surface area contributed by atoms with E-state index in [0.29, 0.717) is 30.2 Å². The number of benzene rings is 1. The van der Waals surface area contributed by atoms with Crippen LogP contribution in [0.4, 0.5) is 13.9 Å². The minimum atomic E-state index is -0.283. The lowest BCUT2D eigenvalue weighted by Crippen LogP contribution is -2.42. The van der Waals surface area contributed by atoms with Gasteiger partial charge in [0.2, 0.25) is 5.88 Å². The summed E-state index contributed by atoms with van der Waals surface area (Å²) in [6.45, 7) is 1.28. The van der Waals surface area contributed by atoms with Crippen LogP contribution in [0.5, 0.6) is 5.88 Å².